The van der Waals surface area contributed by atoms with Crippen molar-refractivity contribution in [1.29, 1.82) is 0 Å². The summed E-state index contributed by atoms with van der Waals surface area (Å²) in [6, 6.07) is 11.9. The number of aromatic carboxylic acids is 1. The highest BCUT2D eigenvalue weighted by Gasteiger charge is 2.73. The van der Waals surface area contributed by atoms with Gasteiger partial charge in [0.15, 0.2) is 5.78 Å². The van der Waals surface area contributed by atoms with Gasteiger partial charge in [0, 0.05) is 22.1 Å². The zero-order valence-corrected chi connectivity index (χ0v) is 16.4. The van der Waals surface area contributed by atoms with Crippen molar-refractivity contribution in [2.45, 2.75) is 51.0 Å². The molecule has 5 rings (SSSR count). The Hall–Kier alpha value is -2.62. The molecule has 0 radical (unpaired) electrons. The lowest BCUT2D eigenvalue weighted by molar-refractivity contribution is -0.0260. The van der Waals surface area contributed by atoms with Crippen molar-refractivity contribution in [1.82, 2.24) is 0 Å². The Morgan fingerprint density at radius 1 is 1.00 bits per heavy atom. The summed E-state index contributed by atoms with van der Waals surface area (Å²) in [4.78, 5) is 24.1. The predicted molar refractivity (Wildman–Crippen MR) is 105 cm³/mol. The van der Waals surface area contributed by atoms with E-state index in [1.807, 2.05) is 18.2 Å². The van der Waals surface area contributed by atoms with E-state index >= 15 is 0 Å². The normalized spacial score (nSPS) is 34.6. The van der Waals surface area contributed by atoms with Crippen LogP contribution >= 0.6 is 0 Å². The van der Waals surface area contributed by atoms with Crippen molar-refractivity contribution >= 4 is 11.8 Å². The fourth-order valence-electron chi connectivity index (χ4n) is 6.26. The molecule has 0 amide bonds. The molecule has 2 bridgehead atoms. The first kappa shape index (κ1) is 17.5. The van der Waals surface area contributed by atoms with E-state index in [-0.39, 0.29) is 27.8 Å². The van der Waals surface area contributed by atoms with Gasteiger partial charge in [-0.2, -0.15) is 0 Å². The Labute approximate surface area is 164 Å². The smallest absolute Gasteiger partial charge is 0.335 e. The summed E-state index contributed by atoms with van der Waals surface area (Å²) in [7, 11) is 0. The van der Waals surface area contributed by atoms with Crippen molar-refractivity contribution in [3.05, 3.63) is 64.7 Å². The van der Waals surface area contributed by atoms with E-state index in [1.54, 1.807) is 12.1 Å². The highest BCUT2D eigenvalue weighted by Crippen LogP contribution is 2.73. The van der Waals surface area contributed by atoms with Gasteiger partial charge in [0.2, 0.25) is 0 Å². The molecular weight excluding hydrogens is 352 g/mol. The molecule has 4 heteroatoms. The molecule has 2 aromatic rings. The zero-order valence-electron chi connectivity index (χ0n) is 16.4. The Bertz CT molecular complexity index is 1020. The van der Waals surface area contributed by atoms with Gasteiger partial charge in [0.1, 0.15) is 11.4 Å². The molecule has 0 aromatic heterocycles. The highest BCUT2D eigenvalue weighted by molar-refractivity contribution is 6.09. The Morgan fingerprint density at radius 3 is 2.32 bits per heavy atom. The summed E-state index contributed by atoms with van der Waals surface area (Å²) in [6.07, 6.45) is 3.58. The Morgan fingerprint density at radius 2 is 1.64 bits per heavy atom. The lowest BCUT2D eigenvalue weighted by Gasteiger charge is -2.48. The number of rotatable bonds is 3. The van der Waals surface area contributed by atoms with Crippen LogP contribution < -0.4 is 4.74 Å². The fourth-order valence-corrected chi connectivity index (χ4v) is 6.26. The number of fused-ring (bicyclic) bond motifs is 7. The van der Waals surface area contributed by atoms with Crippen LogP contribution in [0, 0.1) is 11.3 Å². The molecule has 1 heterocycles. The van der Waals surface area contributed by atoms with Crippen LogP contribution in [0.25, 0.3) is 0 Å². The maximum absolute atomic E-state index is 13.1. The Balaban J connectivity index is 1.56. The van der Waals surface area contributed by atoms with Gasteiger partial charge in [-0.05, 0) is 67.9 Å². The van der Waals surface area contributed by atoms with Crippen molar-refractivity contribution in [3.63, 3.8) is 0 Å². The third-order valence-electron chi connectivity index (χ3n) is 8.22. The third-order valence-corrected chi connectivity index (χ3v) is 8.22. The number of ether oxygens (including phenoxy) is 1. The minimum absolute atomic E-state index is 0.0924. The van der Waals surface area contributed by atoms with Crippen LogP contribution in [0.15, 0.2) is 42.5 Å². The van der Waals surface area contributed by atoms with E-state index < -0.39 is 5.97 Å². The van der Waals surface area contributed by atoms with Gasteiger partial charge in [-0.15, -0.1) is 0 Å². The molecule has 4 nitrogen and oxygen atoms in total. The van der Waals surface area contributed by atoms with E-state index in [4.69, 9.17) is 9.84 Å². The maximum atomic E-state index is 13.1. The van der Waals surface area contributed by atoms with E-state index in [2.05, 4.69) is 20.8 Å². The molecule has 4 unspecified atom stereocenters. The first-order valence-electron chi connectivity index (χ1n) is 9.91. The van der Waals surface area contributed by atoms with Crippen molar-refractivity contribution < 1.29 is 19.4 Å². The van der Waals surface area contributed by atoms with E-state index in [0.29, 0.717) is 17.0 Å². The first-order valence-corrected chi connectivity index (χ1v) is 9.91. The lowest BCUT2D eigenvalue weighted by Crippen LogP contribution is -2.54. The number of benzene rings is 2. The van der Waals surface area contributed by atoms with Crippen LogP contribution in [-0.4, -0.2) is 22.5 Å². The second-order valence-electron chi connectivity index (χ2n) is 9.26. The topological polar surface area (TPSA) is 63.6 Å². The number of ketones is 1. The monoisotopic (exact) mass is 376 g/mol. The number of carboxylic acids is 1. The minimum Gasteiger partial charge on any atom is -0.486 e. The maximum Gasteiger partial charge on any atom is 0.335 e. The number of carbonyl (C=O) groups excluding carboxylic acids is 1. The Kier molecular flexibility index (Phi) is 3.28. The number of carbonyl (C=O) groups is 2. The van der Waals surface area contributed by atoms with E-state index in [9.17, 15) is 9.59 Å². The SMILES string of the molecule is CC12CCC(C1)C1(C)Oc3ccc(C(=O)c4ccc(C(=O)O)cc4)cc3C21C. The summed E-state index contributed by atoms with van der Waals surface area (Å²) in [6.45, 7) is 6.93. The largest absolute Gasteiger partial charge is 0.486 e. The average molecular weight is 376 g/mol. The van der Waals surface area contributed by atoms with Gasteiger partial charge in [-0.1, -0.05) is 26.0 Å². The summed E-state index contributed by atoms with van der Waals surface area (Å²) in [5.74, 6) is 0.369. The van der Waals surface area contributed by atoms with Gasteiger partial charge in [-0.25, -0.2) is 4.79 Å². The van der Waals surface area contributed by atoms with Gasteiger partial charge < -0.3 is 9.84 Å². The zero-order chi connectivity index (χ0) is 19.9. The van der Waals surface area contributed by atoms with Crippen LogP contribution in [0.3, 0.4) is 0 Å². The molecule has 2 aliphatic carbocycles. The van der Waals surface area contributed by atoms with E-state index in [0.717, 1.165) is 11.3 Å². The molecule has 144 valence electrons. The predicted octanol–water partition coefficient (Wildman–Crippen LogP) is 4.84. The fraction of sp³-hybridized carbons (Fsp3) is 0.417. The van der Waals surface area contributed by atoms with Crippen LogP contribution in [0.5, 0.6) is 5.75 Å². The minimum atomic E-state index is -0.995. The van der Waals surface area contributed by atoms with E-state index in [1.165, 1.54) is 31.4 Å². The molecule has 28 heavy (non-hydrogen) atoms. The highest BCUT2D eigenvalue weighted by atomic mass is 16.5. The van der Waals surface area contributed by atoms with Crippen molar-refractivity contribution in [2.24, 2.45) is 11.3 Å². The van der Waals surface area contributed by atoms with Gasteiger partial charge in [-0.3, -0.25) is 4.79 Å². The summed E-state index contributed by atoms with van der Waals surface area (Å²) >= 11 is 0. The molecule has 1 aliphatic heterocycles. The first-order chi connectivity index (χ1) is 13.2. The number of hydrogen-bond donors (Lipinski definition) is 1. The van der Waals surface area contributed by atoms with Crippen LogP contribution in [0.4, 0.5) is 0 Å². The second-order valence-corrected chi connectivity index (χ2v) is 9.26. The van der Waals surface area contributed by atoms with Crippen LogP contribution in [0.1, 0.15) is 71.9 Å². The average Bonchev–Trinajstić information content (AvgIpc) is 3.25. The quantitative estimate of drug-likeness (QED) is 0.778. The van der Waals surface area contributed by atoms with Crippen molar-refractivity contribution in [3.8, 4) is 5.75 Å². The van der Waals surface area contributed by atoms with Crippen LogP contribution in [0.2, 0.25) is 0 Å². The summed E-state index contributed by atoms with van der Waals surface area (Å²) in [5, 5.41) is 9.05. The molecule has 3 aliphatic rings. The van der Waals surface area contributed by atoms with Gasteiger partial charge in [0.05, 0.1) is 5.56 Å². The molecule has 0 spiro atoms. The van der Waals surface area contributed by atoms with Gasteiger partial charge >= 0.3 is 5.97 Å². The molecule has 2 fully saturated rings. The molecular formula is C24H24O4. The summed E-state index contributed by atoms with van der Waals surface area (Å²) < 4.78 is 6.53. The number of carboxylic acid groups (broad SMARTS) is 1. The van der Waals surface area contributed by atoms with Crippen molar-refractivity contribution in [2.75, 3.05) is 0 Å². The molecule has 4 atom stereocenters. The molecule has 2 aromatic carbocycles. The molecule has 2 saturated carbocycles. The van der Waals surface area contributed by atoms with Gasteiger partial charge in [0.25, 0.3) is 0 Å². The van der Waals surface area contributed by atoms with Crippen LogP contribution in [-0.2, 0) is 5.41 Å². The lowest BCUT2D eigenvalue weighted by atomic mass is 9.56. The summed E-state index contributed by atoms with van der Waals surface area (Å²) in [5.41, 5.74) is 2.31. The second kappa shape index (κ2) is 5.25. The number of hydrogen-bond acceptors (Lipinski definition) is 3. The molecule has 0 saturated heterocycles. The third kappa shape index (κ3) is 1.91. The molecule has 1 N–H and O–H groups in total. The standard InChI is InChI=1S/C24H24O4/c1-22-11-10-17(13-22)24(3)23(22,2)18-12-16(8-9-19(18)28-24)20(25)14-4-6-15(7-5-14)21(26)27/h4-9,12,17H,10-11,13H2,1-3H3,(H,26,27).